The van der Waals surface area contributed by atoms with Gasteiger partial charge in [0.25, 0.3) is 0 Å². The molecule has 0 unspecified atom stereocenters. The number of hydrogen-bond donors (Lipinski definition) is 3. The number of aromatic hydroxyl groups is 2. The highest BCUT2D eigenvalue weighted by Gasteiger charge is 2.09. The quantitative estimate of drug-likeness (QED) is 0.727. The Hall–Kier alpha value is -2.66. The van der Waals surface area contributed by atoms with Crippen LogP contribution in [0.2, 0.25) is 0 Å². The lowest BCUT2D eigenvalue weighted by Crippen LogP contribution is -2.06. The van der Waals surface area contributed by atoms with Crippen LogP contribution in [0.15, 0.2) is 42.5 Å². The smallest absolute Gasteiger partial charge is 0.161 e. The minimum atomic E-state index is -0.0842. The number of phenolic OH excluding ortho intramolecular Hbond substituents is 2. The predicted molar refractivity (Wildman–Crippen MR) is 92.6 cm³/mol. The second-order valence-corrected chi connectivity index (χ2v) is 5.44. The van der Waals surface area contributed by atoms with E-state index in [1.165, 1.54) is 14.2 Å². The molecule has 0 heterocycles. The van der Waals surface area contributed by atoms with Crippen LogP contribution in [0.4, 0.5) is 0 Å². The summed E-state index contributed by atoms with van der Waals surface area (Å²) in [6, 6.07) is 10.2. The molecule has 0 amide bonds. The average Bonchev–Trinajstić information content (AvgIpc) is 2.61. The van der Waals surface area contributed by atoms with E-state index in [-0.39, 0.29) is 24.0 Å². The van der Waals surface area contributed by atoms with Crippen LogP contribution in [0, 0.1) is 5.92 Å². The molecule has 0 fully saturated rings. The summed E-state index contributed by atoms with van der Waals surface area (Å²) in [5.74, 6) is 0.912. The summed E-state index contributed by atoms with van der Waals surface area (Å²) < 4.78 is 10.2. The Bertz CT molecular complexity index is 709. The molecule has 0 aliphatic heterocycles. The van der Waals surface area contributed by atoms with Crippen molar-refractivity contribution in [2.75, 3.05) is 20.8 Å². The Kier molecular flexibility index (Phi) is 6.09. The van der Waals surface area contributed by atoms with Gasteiger partial charge in [0.15, 0.2) is 23.0 Å². The molecule has 2 aromatic carbocycles. The Labute approximate surface area is 141 Å². The summed E-state index contributed by atoms with van der Waals surface area (Å²) in [7, 11) is 3.00. The third-order valence-corrected chi connectivity index (χ3v) is 3.74. The molecule has 128 valence electrons. The third-order valence-electron chi connectivity index (χ3n) is 3.74. The average molecular weight is 330 g/mol. The number of rotatable bonds is 7. The number of phenols is 2. The molecule has 2 rings (SSSR count). The standard InChI is InChI=1S/C19H22O5/c1-23-18-10-13(5-7-16(18)21)3-4-15(12-20)9-14-6-8-17(22)19(11-14)24-2/h3-8,10-11,15,20-22H,9,12H2,1-2H3/t15-/m0/s1. The molecule has 0 spiro atoms. The van der Waals surface area contributed by atoms with Gasteiger partial charge >= 0.3 is 0 Å². The van der Waals surface area contributed by atoms with Crippen LogP contribution in [0.5, 0.6) is 23.0 Å². The minimum Gasteiger partial charge on any atom is -0.504 e. The third kappa shape index (κ3) is 4.43. The molecule has 0 aliphatic carbocycles. The van der Waals surface area contributed by atoms with Crippen LogP contribution < -0.4 is 9.47 Å². The normalized spacial score (nSPS) is 12.3. The molecule has 24 heavy (non-hydrogen) atoms. The van der Waals surface area contributed by atoms with Gasteiger partial charge in [0, 0.05) is 12.5 Å². The van der Waals surface area contributed by atoms with Crippen LogP contribution in [0.3, 0.4) is 0 Å². The van der Waals surface area contributed by atoms with E-state index in [0.717, 1.165) is 11.1 Å². The monoisotopic (exact) mass is 330 g/mol. The second-order valence-electron chi connectivity index (χ2n) is 5.44. The van der Waals surface area contributed by atoms with E-state index >= 15 is 0 Å². The Morgan fingerprint density at radius 3 is 2.21 bits per heavy atom. The molecule has 0 saturated carbocycles. The van der Waals surface area contributed by atoms with Crippen LogP contribution in [0.25, 0.3) is 6.08 Å². The molecule has 0 aliphatic rings. The summed E-state index contributed by atoms with van der Waals surface area (Å²) in [4.78, 5) is 0. The summed E-state index contributed by atoms with van der Waals surface area (Å²) in [6.07, 6.45) is 4.39. The zero-order chi connectivity index (χ0) is 17.5. The summed E-state index contributed by atoms with van der Waals surface area (Å²) >= 11 is 0. The van der Waals surface area contributed by atoms with E-state index in [1.807, 2.05) is 12.2 Å². The van der Waals surface area contributed by atoms with Gasteiger partial charge in [-0.25, -0.2) is 0 Å². The molecular formula is C19H22O5. The largest absolute Gasteiger partial charge is 0.504 e. The van der Waals surface area contributed by atoms with E-state index in [0.29, 0.717) is 17.9 Å². The van der Waals surface area contributed by atoms with E-state index in [1.54, 1.807) is 36.4 Å². The van der Waals surface area contributed by atoms with E-state index in [4.69, 9.17) is 9.47 Å². The predicted octanol–water partition coefficient (Wildman–Crippen LogP) is 2.98. The topological polar surface area (TPSA) is 79.2 Å². The summed E-state index contributed by atoms with van der Waals surface area (Å²) in [5.41, 5.74) is 1.82. The van der Waals surface area contributed by atoms with Crippen molar-refractivity contribution in [2.24, 2.45) is 5.92 Å². The minimum absolute atomic E-state index is 0.00505. The zero-order valence-electron chi connectivity index (χ0n) is 13.8. The van der Waals surface area contributed by atoms with Crippen LogP contribution >= 0.6 is 0 Å². The fourth-order valence-corrected chi connectivity index (χ4v) is 2.39. The van der Waals surface area contributed by atoms with Crippen molar-refractivity contribution in [3.05, 3.63) is 53.6 Å². The molecule has 2 aromatic rings. The molecule has 0 saturated heterocycles. The molecule has 0 radical (unpaired) electrons. The van der Waals surface area contributed by atoms with Crippen molar-refractivity contribution in [1.29, 1.82) is 0 Å². The van der Waals surface area contributed by atoms with Gasteiger partial charge in [-0.2, -0.15) is 0 Å². The molecule has 5 heteroatoms. The number of hydrogen-bond acceptors (Lipinski definition) is 5. The molecule has 0 aromatic heterocycles. The molecular weight excluding hydrogens is 308 g/mol. The van der Waals surface area contributed by atoms with E-state index in [9.17, 15) is 15.3 Å². The Morgan fingerprint density at radius 2 is 1.58 bits per heavy atom. The van der Waals surface area contributed by atoms with Gasteiger partial charge in [-0.1, -0.05) is 24.3 Å². The highest BCUT2D eigenvalue weighted by atomic mass is 16.5. The zero-order valence-corrected chi connectivity index (χ0v) is 13.8. The van der Waals surface area contributed by atoms with Gasteiger partial charge in [-0.15, -0.1) is 0 Å². The van der Waals surface area contributed by atoms with Gasteiger partial charge in [-0.3, -0.25) is 0 Å². The van der Waals surface area contributed by atoms with Crippen molar-refractivity contribution in [2.45, 2.75) is 6.42 Å². The Balaban J connectivity index is 2.11. The fraction of sp³-hybridized carbons (Fsp3) is 0.263. The van der Waals surface area contributed by atoms with Crippen molar-refractivity contribution in [3.8, 4) is 23.0 Å². The summed E-state index contributed by atoms with van der Waals surface area (Å²) in [6.45, 7) is -0.00505. The first kappa shape index (κ1) is 17.7. The Morgan fingerprint density at radius 1 is 0.958 bits per heavy atom. The first-order valence-electron chi connectivity index (χ1n) is 7.59. The van der Waals surface area contributed by atoms with Gasteiger partial charge in [0.2, 0.25) is 0 Å². The molecule has 3 N–H and O–H groups in total. The lowest BCUT2D eigenvalue weighted by Gasteiger charge is -2.11. The summed E-state index contributed by atoms with van der Waals surface area (Å²) in [5, 5.41) is 28.8. The SMILES string of the molecule is COc1cc(C=C[C@H](CO)Cc2ccc(O)c(OC)c2)ccc1O. The number of aliphatic hydroxyl groups is 1. The maximum atomic E-state index is 9.63. The lowest BCUT2D eigenvalue weighted by atomic mass is 9.98. The fourth-order valence-electron chi connectivity index (χ4n) is 2.39. The van der Waals surface area contributed by atoms with Crippen LogP contribution in [0.1, 0.15) is 11.1 Å². The number of aliphatic hydroxyl groups excluding tert-OH is 1. The highest BCUT2D eigenvalue weighted by Crippen LogP contribution is 2.28. The first-order chi connectivity index (χ1) is 11.6. The first-order valence-corrected chi connectivity index (χ1v) is 7.59. The van der Waals surface area contributed by atoms with Crippen molar-refractivity contribution in [1.82, 2.24) is 0 Å². The highest BCUT2D eigenvalue weighted by molar-refractivity contribution is 5.55. The van der Waals surface area contributed by atoms with E-state index < -0.39 is 0 Å². The van der Waals surface area contributed by atoms with Gasteiger partial charge in [0.1, 0.15) is 0 Å². The van der Waals surface area contributed by atoms with Crippen LogP contribution in [-0.4, -0.2) is 36.1 Å². The second kappa shape index (κ2) is 8.26. The van der Waals surface area contributed by atoms with Gasteiger partial charge in [0.05, 0.1) is 14.2 Å². The van der Waals surface area contributed by atoms with Crippen LogP contribution in [-0.2, 0) is 6.42 Å². The molecule has 1 atom stereocenters. The maximum Gasteiger partial charge on any atom is 0.161 e. The van der Waals surface area contributed by atoms with Gasteiger partial charge in [-0.05, 0) is 41.8 Å². The van der Waals surface area contributed by atoms with Crippen molar-refractivity contribution < 1.29 is 24.8 Å². The lowest BCUT2D eigenvalue weighted by molar-refractivity contribution is 0.252. The van der Waals surface area contributed by atoms with E-state index in [2.05, 4.69) is 0 Å². The number of methoxy groups -OCH3 is 2. The van der Waals surface area contributed by atoms with Crippen molar-refractivity contribution in [3.63, 3.8) is 0 Å². The van der Waals surface area contributed by atoms with Gasteiger partial charge < -0.3 is 24.8 Å². The van der Waals surface area contributed by atoms with Crippen molar-refractivity contribution >= 4 is 6.08 Å². The molecule has 0 bridgehead atoms. The number of ether oxygens (including phenoxy) is 2. The molecule has 5 nitrogen and oxygen atoms in total. The maximum absolute atomic E-state index is 9.63. The number of benzene rings is 2.